The van der Waals surface area contributed by atoms with Crippen LogP contribution >= 0.6 is 0 Å². The fraction of sp³-hybridized carbons (Fsp3) is 0.528. The van der Waals surface area contributed by atoms with Crippen molar-refractivity contribution in [2.75, 3.05) is 50.8 Å². The van der Waals surface area contributed by atoms with Gasteiger partial charge in [0.25, 0.3) is 5.91 Å². The van der Waals surface area contributed by atoms with Gasteiger partial charge in [0, 0.05) is 43.7 Å². The predicted molar refractivity (Wildman–Crippen MR) is 185 cm³/mol. The Hall–Kier alpha value is -3.65. The second kappa shape index (κ2) is 14.7. The number of aromatic nitrogens is 2. The van der Waals surface area contributed by atoms with Crippen molar-refractivity contribution in [1.82, 2.24) is 24.5 Å². The van der Waals surface area contributed by atoms with Crippen LogP contribution in [0.15, 0.2) is 59.9 Å². The van der Waals surface area contributed by atoms with Gasteiger partial charge in [-0.05, 0) is 96.3 Å². The van der Waals surface area contributed by atoms with Crippen LogP contribution in [0.3, 0.4) is 0 Å². The van der Waals surface area contributed by atoms with E-state index < -0.39 is 15.8 Å². The molecule has 0 bridgehead atoms. The molecule has 1 amide bonds. The van der Waals surface area contributed by atoms with Gasteiger partial charge in [0.2, 0.25) is 10.0 Å². The summed E-state index contributed by atoms with van der Waals surface area (Å²) in [5, 5.41) is 0. The van der Waals surface area contributed by atoms with Crippen molar-refractivity contribution in [3.63, 3.8) is 0 Å². The van der Waals surface area contributed by atoms with Crippen LogP contribution in [0, 0.1) is 18.2 Å². The molecule has 0 aliphatic carbocycles. The molecule has 1 spiro atoms. The summed E-state index contributed by atoms with van der Waals surface area (Å²) in [6, 6.07) is 10.7. The van der Waals surface area contributed by atoms with E-state index in [1.165, 1.54) is 24.5 Å². The van der Waals surface area contributed by atoms with E-state index >= 15 is 0 Å². The van der Waals surface area contributed by atoms with E-state index in [4.69, 9.17) is 9.47 Å². The van der Waals surface area contributed by atoms with E-state index in [1.54, 1.807) is 36.2 Å². The third-order valence-electron chi connectivity index (χ3n) is 10.1. The second-order valence-corrected chi connectivity index (χ2v) is 15.6. The number of benzene rings is 2. The molecular weight excluding hydrogens is 647 g/mol. The van der Waals surface area contributed by atoms with Gasteiger partial charge in [-0.3, -0.25) is 4.79 Å². The monoisotopic (exact) mass is 694 g/mol. The molecule has 3 aliphatic heterocycles. The van der Waals surface area contributed by atoms with Crippen molar-refractivity contribution in [1.29, 1.82) is 0 Å². The van der Waals surface area contributed by atoms with Crippen LogP contribution in [0.5, 0.6) is 11.5 Å². The number of sulfonamides is 1. The van der Waals surface area contributed by atoms with Gasteiger partial charge in [-0.2, -0.15) is 0 Å². The van der Waals surface area contributed by atoms with E-state index in [9.17, 15) is 17.6 Å². The molecule has 3 aromatic rings. The number of carbonyl (C=O) groups excluding carboxylic acids is 1. The number of carbonyl (C=O) groups is 1. The zero-order valence-corrected chi connectivity index (χ0v) is 29.6. The number of rotatable bonds is 11. The average Bonchev–Trinajstić information content (AvgIpc) is 3.06. The van der Waals surface area contributed by atoms with E-state index in [0.717, 1.165) is 64.0 Å². The summed E-state index contributed by atoms with van der Waals surface area (Å²) in [4.78, 5) is 28.7. The molecule has 0 saturated carbocycles. The van der Waals surface area contributed by atoms with Crippen molar-refractivity contribution in [3.05, 3.63) is 71.9 Å². The molecule has 11 nitrogen and oxygen atoms in total. The number of piperidine rings is 1. The summed E-state index contributed by atoms with van der Waals surface area (Å²) < 4.78 is 55.3. The number of hydrogen-bond donors (Lipinski definition) is 1. The van der Waals surface area contributed by atoms with Gasteiger partial charge >= 0.3 is 0 Å². The number of amides is 1. The molecule has 49 heavy (non-hydrogen) atoms. The van der Waals surface area contributed by atoms with Gasteiger partial charge in [-0.15, -0.1) is 0 Å². The molecule has 0 unspecified atom stereocenters. The number of anilines is 1. The summed E-state index contributed by atoms with van der Waals surface area (Å²) in [5.74, 6) is 0.560. The molecule has 3 fully saturated rings. The first-order chi connectivity index (χ1) is 23.5. The van der Waals surface area contributed by atoms with Crippen LogP contribution in [0.1, 0.15) is 62.4 Å². The first kappa shape index (κ1) is 35.2. The van der Waals surface area contributed by atoms with Crippen molar-refractivity contribution in [3.8, 4) is 11.5 Å². The molecule has 0 radical (unpaired) electrons. The zero-order valence-electron chi connectivity index (χ0n) is 28.8. The number of nitrogens with zero attached hydrogens (tertiary/aromatic N) is 5. The summed E-state index contributed by atoms with van der Waals surface area (Å²) in [7, 11) is -3.59. The third-order valence-corrected chi connectivity index (χ3v) is 11.8. The van der Waals surface area contributed by atoms with Crippen molar-refractivity contribution < 1.29 is 27.1 Å². The second-order valence-electron chi connectivity index (χ2n) is 13.9. The van der Waals surface area contributed by atoms with Gasteiger partial charge in [0.05, 0.1) is 29.4 Å². The number of nitrogens with one attached hydrogen (secondary N) is 1. The molecule has 6 rings (SSSR count). The number of halogens is 1. The normalized spacial score (nSPS) is 21.1. The van der Waals surface area contributed by atoms with Crippen molar-refractivity contribution in [2.24, 2.45) is 5.41 Å². The Kier molecular flexibility index (Phi) is 10.5. The van der Waals surface area contributed by atoms with Gasteiger partial charge < -0.3 is 24.2 Å². The minimum absolute atomic E-state index is 0.0477. The average molecular weight is 695 g/mol. The van der Waals surface area contributed by atoms with Gasteiger partial charge in [0.1, 0.15) is 17.9 Å². The van der Waals surface area contributed by atoms with Gasteiger partial charge in [-0.1, -0.05) is 18.2 Å². The Bertz CT molecular complexity index is 1730. The Morgan fingerprint density at radius 1 is 1.14 bits per heavy atom. The van der Waals surface area contributed by atoms with Crippen LogP contribution < -0.4 is 14.4 Å². The van der Waals surface area contributed by atoms with Crippen LogP contribution in [0.2, 0.25) is 0 Å². The number of likely N-dealkylation sites (tertiary alicyclic amines) is 1. The first-order valence-electron chi connectivity index (χ1n) is 17.2. The molecule has 3 saturated heterocycles. The molecule has 3 aliphatic rings. The van der Waals surface area contributed by atoms with E-state index in [-0.39, 0.29) is 40.8 Å². The number of aryl methyl sites for hydroxylation is 1. The summed E-state index contributed by atoms with van der Waals surface area (Å²) >= 11 is 0. The minimum Gasteiger partial charge on any atom is -0.451 e. The molecular formula is C36H47FN6O5S. The van der Waals surface area contributed by atoms with Crippen LogP contribution in [0.4, 0.5) is 10.2 Å². The summed E-state index contributed by atoms with van der Waals surface area (Å²) in [5.41, 5.74) is 1.07. The van der Waals surface area contributed by atoms with Crippen molar-refractivity contribution in [2.45, 2.75) is 76.5 Å². The largest absolute Gasteiger partial charge is 0.451 e. The van der Waals surface area contributed by atoms with E-state index in [0.29, 0.717) is 29.6 Å². The zero-order chi connectivity index (χ0) is 34.8. The van der Waals surface area contributed by atoms with E-state index in [2.05, 4.69) is 24.5 Å². The molecule has 2 aromatic carbocycles. The predicted octanol–water partition coefficient (Wildman–Crippen LogP) is 5.02. The summed E-state index contributed by atoms with van der Waals surface area (Å²) in [6.45, 7) is 12.9. The standard InChI is InChI=1S/C36H47FN6O5S/c1-5-43(25(2)3)35(44)30-18-27(37)10-13-31(30)48-32-19-38-24-39-34(32)42-22-36(23-42)14-16-41(17-15-36)20-29-12-11-28(21-47-29)40-49(45,46)33-9-7-6-8-26(33)4/h6-10,13,18-19,24-25,28-29,40H,5,11-12,14-17,20-23H2,1-4H3/t28-,29+/m1/s1. The lowest BCUT2D eigenvalue weighted by Crippen LogP contribution is -2.61. The highest BCUT2D eigenvalue weighted by molar-refractivity contribution is 7.89. The Morgan fingerprint density at radius 3 is 2.57 bits per heavy atom. The topological polar surface area (TPSA) is 117 Å². The number of hydrogen-bond acceptors (Lipinski definition) is 9. The third kappa shape index (κ3) is 7.90. The fourth-order valence-electron chi connectivity index (χ4n) is 7.31. The smallest absolute Gasteiger partial charge is 0.257 e. The molecule has 1 N–H and O–H groups in total. The van der Waals surface area contributed by atoms with Crippen molar-refractivity contribution >= 4 is 21.7 Å². The Balaban J connectivity index is 1.00. The lowest BCUT2D eigenvalue weighted by atomic mass is 9.72. The van der Waals surface area contributed by atoms with Crippen LogP contribution in [-0.2, 0) is 14.8 Å². The van der Waals surface area contributed by atoms with Gasteiger partial charge in [-0.25, -0.2) is 27.5 Å². The highest BCUT2D eigenvalue weighted by Crippen LogP contribution is 2.45. The fourth-order valence-corrected chi connectivity index (χ4v) is 8.81. The first-order valence-corrected chi connectivity index (χ1v) is 18.7. The SMILES string of the molecule is CCN(C(=O)c1cc(F)ccc1Oc1cncnc1N1CC2(CCN(C[C@@H]3CC[C@@H](NS(=O)(=O)c4ccccc4C)CO3)CC2)C1)C(C)C. The quantitative estimate of drug-likeness (QED) is 0.296. The lowest BCUT2D eigenvalue weighted by Gasteiger charge is -2.54. The maximum absolute atomic E-state index is 14.3. The highest BCUT2D eigenvalue weighted by Gasteiger charge is 2.46. The van der Waals surface area contributed by atoms with Crippen LogP contribution in [0.25, 0.3) is 0 Å². The molecule has 2 atom stereocenters. The Labute approximate surface area is 288 Å². The Morgan fingerprint density at radius 2 is 1.90 bits per heavy atom. The molecule has 13 heteroatoms. The molecule has 4 heterocycles. The van der Waals surface area contributed by atoms with Gasteiger partial charge in [0.15, 0.2) is 11.6 Å². The molecule has 264 valence electrons. The minimum atomic E-state index is -3.59. The van der Waals surface area contributed by atoms with Crippen LogP contribution in [-0.4, -0.2) is 98.2 Å². The summed E-state index contributed by atoms with van der Waals surface area (Å²) in [6.07, 6.45) is 6.82. The number of ether oxygens (including phenoxy) is 2. The maximum atomic E-state index is 14.3. The van der Waals surface area contributed by atoms with E-state index in [1.807, 2.05) is 26.8 Å². The lowest BCUT2D eigenvalue weighted by molar-refractivity contribution is -0.0299. The maximum Gasteiger partial charge on any atom is 0.257 e. The molecule has 1 aromatic heterocycles. The highest BCUT2D eigenvalue weighted by atomic mass is 32.2.